The normalized spacial score (nSPS) is 13.6. The molecule has 8 nitrogen and oxygen atoms in total. The molecule has 0 aromatic rings. The summed E-state index contributed by atoms with van der Waals surface area (Å²) < 4.78 is 0. The van der Waals surface area contributed by atoms with E-state index in [2.05, 4.69) is 5.32 Å². The van der Waals surface area contributed by atoms with Gasteiger partial charge in [0.1, 0.15) is 6.04 Å². The number of rotatable bonds is 10. The van der Waals surface area contributed by atoms with E-state index in [1.54, 1.807) is 0 Å². The van der Waals surface area contributed by atoms with E-state index in [1.807, 2.05) is 0 Å². The van der Waals surface area contributed by atoms with E-state index >= 15 is 0 Å². The van der Waals surface area contributed by atoms with Crippen molar-refractivity contribution in [3.05, 3.63) is 0 Å². The lowest BCUT2D eigenvalue weighted by atomic mass is 10.1. The van der Waals surface area contributed by atoms with Gasteiger partial charge < -0.3 is 27.0 Å². The quantitative estimate of drug-likeness (QED) is 0.316. The van der Waals surface area contributed by atoms with Crippen molar-refractivity contribution in [2.75, 3.05) is 6.54 Å². The molecule has 0 bridgehead atoms. The van der Waals surface area contributed by atoms with Gasteiger partial charge in [0, 0.05) is 6.42 Å². The number of carboxylic acids is 2. The fourth-order valence-corrected chi connectivity index (χ4v) is 1.44. The first-order valence-electron chi connectivity index (χ1n) is 6.09. The molecule has 0 aromatic heterocycles. The second kappa shape index (κ2) is 9.29. The Morgan fingerprint density at radius 1 is 1.11 bits per heavy atom. The van der Waals surface area contributed by atoms with Crippen LogP contribution in [0.15, 0.2) is 0 Å². The molecule has 0 spiro atoms. The Labute approximate surface area is 111 Å². The summed E-state index contributed by atoms with van der Waals surface area (Å²) in [6, 6.07) is -2.04. The third kappa shape index (κ3) is 8.11. The molecule has 0 aromatic carbocycles. The molecule has 0 saturated heterocycles. The zero-order chi connectivity index (χ0) is 14.8. The van der Waals surface area contributed by atoms with E-state index < -0.39 is 29.9 Å². The van der Waals surface area contributed by atoms with Crippen molar-refractivity contribution in [1.29, 1.82) is 0 Å². The third-order valence-electron chi connectivity index (χ3n) is 2.57. The molecule has 0 heterocycles. The summed E-state index contributed by atoms with van der Waals surface area (Å²) in [5, 5.41) is 19.6. The van der Waals surface area contributed by atoms with Gasteiger partial charge in [-0.3, -0.25) is 9.59 Å². The lowest BCUT2D eigenvalue weighted by molar-refractivity contribution is -0.143. The van der Waals surface area contributed by atoms with Crippen LogP contribution in [0.2, 0.25) is 0 Å². The topological polar surface area (TPSA) is 156 Å². The highest BCUT2D eigenvalue weighted by Crippen LogP contribution is 2.02. The van der Waals surface area contributed by atoms with Crippen molar-refractivity contribution >= 4 is 17.8 Å². The molecular formula is C11H21N3O5. The van der Waals surface area contributed by atoms with Crippen molar-refractivity contribution in [3.8, 4) is 0 Å². The molecule has 0 radical (unpaired) electrons. The Bertz CT molecular complexity index is 321. The molecule has 0 fully saturated rings. The van der Waals surface area contributed by atoms with Gasteiger partial charge in [0.25, 0.3) is 0 Å². The molecule has 8 heteroatoms. The van der Waals surface area contributed by atoms with Gasteiger partial charge in [-0.25, -0.2) is 4.79 Å². The molecular weight excluding hydrogens is 254 g/mol. The fraction of sp³-hybridized carbons (Fsp3) is 0.727. The maximum absolute atomic E-state index is 11.6. The first kappa shape index (κ1) is 17.3. The number of aliphatic carboxylic acids is 2. The molecule has 0 saturated carbocycles. The van der Waals surface area contributed by atoms with E-state index in [1.165, 1.54) is 0 Å². The molecule has 0 unspecified atom stereocenters. The summed E-state index contributed by atoms with van der Waals surface area (Å²) in [5.41, 5.74) is 10.9. The number of hydrogen-bond acceptors (Lipinski definition) is 5. The van der Waals surface area contributed by atoms with Crippen LogP contribution in [-0.2, 0) is 14.4 Å². The molecule has 1 amide bonds. The van der Waals surface area contributed by atoms with E-state index in [4.69, 9.17) is 21.7 Å². The van der Waals surface area contributed by atoms with E-state index in [9.17, 15) is 14.4 Å². The minimum atomic E-state index is -1.27. The summed E-state index contributed by atoms with van der Waals surface area (Å²) in [6.45, 7) is 0.505. The number of carboxylic acid groups (broad SMARTS) is 2. The van der Waals surface area contributed by atoms with E-state index in [-0.39, 0.29) is 12.8 Å². The molecule has 0 aliphatic heterocycles. The first-order chi connectivity index (χ1) is 8.88. The van der Waals surface area contributed by atoms with Crippen molar-refractivity contribution in [1.82, 2.24) is 5.32 Å². The van der Waals surface area contributed by atoms with Gasteiger partial charge in [-0.15, -0.1) is 0 Å². The monoisotopic (exact) mass is 275 g/mol. The molecule has 0 aliphatic carbocycles. The van der Waals surface area contributed by atoms with Crippen LogP contribution in [0.3, 0.4) is 0 Å². The molecule has 7 N–H and O–H groups in total. The van der Waals surface area contributed by atoms with Gasteiger partial charge in [0.2, 0.25) is 5.91 Å². The zero-order valence-corrected chi connectivity index (χ0v) is 10.7. The highest BCUT2D eigenvalue weighted by molar-refractivity contribution is 5.87. The van der Waals surface area contributed by atoms with Crippen LogP contribution in [0.25, 0.3) is 0 Å². The Hall–Kier alpha value is -1.67. The highest BCUT2D eigenvalue weighted by atomic mass is 16.4. The SMILES string of the molecule is NCCCC[C@@H](N)C(=O)N[C@H](CCC(=O)O)C(=O)O. The maximum Gasteiger partial charge on any atom is 0.326 e. The molecule has 0 aliphatic rings. The van der Waals surface area contributed by atoms with Crippen LogP contribution in [-0.4, -0.2) is 46.7 Å². The fourth-order valence-electron chi connectivity index (χ4n) is 1.44. The summed E-state index contributed by atoms with van der Waals surface area (Å²) in [6.07, 6.45) is 1.32. The zero-order valence-electron chi connectivity index (χ0n) is 10.7. The number of nitrogens with two attached hydrogens (primary N) is 2. The standard InChI is InChI=1S/C11H21N3O5/c12-6-2-1-3-7(13)10(17)14-8(11(18)19)4-5-9(15)16/h7-8H,1-6,12-13H2,(H,14,17)(H,15,16)(H,18,19)/t7-,8-/m1/s1. The average molecular weight is 275 g/mol. The summed E-state index contributed by atoms with van der Waals surface area (Å²) >= 11 is 0. The van der Waals surface area contributed by atoms with Crippen LogP contribution < -0.4 is 16.8 Å². The lowest BCUT2D eigenvalue weighted by Gasteiger charge is -2.17. The Balaban J connectivity index is 4.22. The minimum absolute atomic E-state index is 0.175. The van der Waals surface area contributed by atoms with Gasteiger partial charge in [-0.1, -0.05) is 6.42 Å². The predicted molar refractivity (Wildman–Crippen MR) is 67.3 cm³/mol. The van der Waals surface area contributed by atoms with Crippen molar-refractivity contribution in [2.45, 2.75) is 44.2 Å². The minimum Gasteiger partial charge on any atom is -0.481 e. The summed E-state index contributed by atoms with van der Waals surface area (Å²) in [5.74, 6) is -2.98. The predicted octanol–water partition coefficient (Wildman–Crippen LogP) is -1.12. The molecule has 19 heavy (non-hydrogen) atoms. The average Bonchev–Trinajstić information content (AvgIpc) is 2.33. The second-order valence-corrected chi connectivity index (χ2v) is 4.22. The number of carbonyl (C=O) groups is 3. The number of unbranched alkanes of at least 4 members (excludes halogenated alkanes) is 1. The number of hydrogen-bond donors (Lipinski definition) is 5. The highest BCUT2D eigenvalue weighted by Gasteiger charge is 2.23. The van der Waals surface area contributed by atoms with Crippen LogP contribution in [0, 0.1) is 0 Å². The molecule has 0 rings (SSSR count). The third-order valence-corrected chi connectivity index (χ3v) is 2.57. The number of carbonyl (C=O) groups excluding carboxylic acids is 1. The summed E-state index contributed by atoms with van der Waals surface area (Å²) in [4.78, 5) is 32.9. The Morgan fingerprint density at radius 2 is 1.74 bits per heavy atom. The van der Waals surface area contributed by atoms with Crippen molar-refractivity contribution < 1.29 is 24.6 Å². The molecule has 110 valence electrons. The largest absolute Gasteiger partial charge is 0.481 e. The van der Waals surface area contributed by atoms with Gasteiger partial charge in [-0.05, 0) is 25.8 Å². The Kier molecular flexibility index (Phi) is 8.47. The van der Waals surface area contributed by atoms with Gasteiger partial charge >= 0.3 is 11.9 Å². The number of nitrogens with one attached hydrogen (secondary N) is 1. The second-order valence-electron chi connectivity index (χ2n) is 4.22. The van der Waals surface area contributed by atoms with E-state index in [0.717, 1.165) is 6.42 Å². The smallest absolute Gasteiger partial charge is 0.326 e. The molecule has 2 atom stereocenters. The van der Waals surface area contributed by atoms with Crippen LogP contribution >= 0.6 is 0 Å². The lowest BCUT2D eigenvalue weighted by Crippen LogP contribution is -2.48. The van der Waals surface area contributed by atoms with Crippen LogP contribution in [0.4, 0.5) is 0 Å². The van der Waals surface area contributed by atoms with Crippen LogP contribution in [0.1, 0.15) is 32.1 Å². The van der Waals surface area contributed by atoms with Crippen LogP contribution in [0.5, 0.6) is 0 Å². The van der Waals surface area contributed by atoms with Gasteiger partial charge in [0.05, 0.1) is 6.04 Å². The summed E-state index contributed by atoms with van der Waals surface area (Å²) in [7, 11) is 0. The van der Waals surface area contributed by atoms with Gasteiger partial charge in [-0.2, -0.15) is 0 Å². The van der Waals surface area contributed by atoms with Crippen molar-refractivity contribution in [2.24, 2.45) is 11.5 Å². The maximum atomic E-state index is 11.6. The number of amides is 1. The van der Waals surface area contributed by atoms with Gasteiger partial charge in [0.15, 0.2) is 0 Å². The Morgan fingerprint density at radius 3 is 2.21 bits per heavy atom. The van der Waals surface area contributed by atoms with Crippen molar-refractivity contribution in [3.63, 3.8) is 0 Å². The first-order valence-corrected chi connectivity index (χ1v) is 6.09. The van der Waals surface area contributed by atoms with E-state index in [0.29, 0.717) is 19.4 Å².